The van der Waals surface area contributed by atoms with Crippen molar-refractivity contribution in [2.24, 2.45) is 0 Å². The SMILES string of the molecule is Cc1cc(C)c(NCC(=O)NNC(=S)NCc2ccccc2)c(C)c1. The summed E-state index contributed by atoms with van der Waals surface area (Å²) in [7, 11) is 0. The minimum absolute atomic E-state index is 0.166. The monoisotopic (exact) mass is 356 g/mol. The maximum atomic E-state index is 12.0. The number of amides is 1. The highest BCUT2D eigenvalue weighted by atomic mass is 32.1. The van der Waals surface area contributed by atoms with Crippen LogP contribution in [-0.4, -0.2) is 17.6 Å². The van der Waals surface area contributed by atoms with Crippen LogP contribution in [-0.2, 0) is 11.3 Å². The van der Waals surface area contributed by atoms with Crippen LogP contribution >= 0.6 is 12.2 Å². The Morgan fingerprint density at radius 1 is 1.00 bits per heavy atom. The zero-order chi connectivity index (χ0) is 18.2. The third-order valence-electron chi connectivity index (χ3n) is 3.71. The predicted molar refractivity (Wildman–Crippen MR) is 106 cm³/mol. The summed E-state index contributed by atoms with van der Waals surface area (Å²) in [5.41, 5.74) is 10.9. The van der Waals surface area contributed by atoms with E-state index in [-0.39, 0.29) is 12.5 Å². The molecule has 6 heteroatoms. The van der Waals surface area contributed by atoms with E-state index in [0.29, 0.717) is 11.7 Å². The Kier molecular flexibility index (Phi) is 6.77. The molecule has 0 heterocycles. The summed E-state index contributed by atoms with van der Waals surface area (Å²) in [4.78, 5) is 12.0. The first-order valence-electron chi connectivity index (χ1n) is 8.14. The van der Waals surface area contributed by atoms with E-state index in [1.54, 1.807) is 0 Å². The number of hydrogen-bond acceptors (Lipinski definition) is 3. The summed E-state index contributed by atoms with van der Waals surface area (Å²) < 4.78 is 0. The maximum absolute atomic E-state index is 12.0. The molecule has 1 amide bonds. The van der Waals surface area contributed by atoms with Gasteiger partial charge in [-0.25, -0.2) is 0 Å². The molecule has 0 saturated carbocycles. The van der Waals surface area contributed by atoms with Gasteiger partial charge in [-0.15, -0.1) is 0 Å². The van der Waals surface area contributed by atoms with E-state index in [4.69, 9.17) is 12.2 Å². The number of hydrazine groups is 1. The number of hydrogen-bond donors (Lipinski definition) is 4. The fourth-order valence-corrected chi connectivity index (χ4v) is 2.74. The van der Waals surface area contributed by atoms with Gasteiger partial charge in [-0.2, -0.15) is 0 Å². The fraction of sp³-hybridized carbons (Fsp3) is 0.263. The van der Waals surface area contributed by atoms with Crippen LogP contribution in [0.3, 0.4) is 0 Å². The van der Waals surface area contributed by atoms with Gasteiger partial charge in [0.2, 0.25) is 0 Å². The van der Waals surface area contributed by atoms with Crippen LogP contribution in [0.15, 0.2) is 42.5 Å². The lowest BCUT2D eigenvalue weighted by atomic mass is 10.1. The van der Waals surface area contributed by atoms with E-state index in [1.165, 1.54) is 5.56 Å². The first-order chi connectivity index (χ1) is 12.0. The molecule has 0 aliphatic carbocycles. The van der Waals surface area contributed by atoms with Gasteiger partial charge in [0, 0.05) is 12.2 Å². The lowest BCUT2D eigenvalue weighted by Gasteiger charge is -2.15. The van der Waals surface area contributed by atoms with E-state index < -0.39 is 0 Å². The van der Waals surface area contributed by atoms with Crippen LogP contribution in [0.4, 0.5) is 5.69 Å². The molecule has 5 nitrogen and oxygen atoms in total. The first kappa shape index (κ1) is 18.7. The minimum Gasteiger partial charge on any atom is -0.376 e. The number of nitrogens with one attached hydrogen (secondary N) is 4. The Morgan fingerprint density at radius 3 is 2.28 bits per heavy atom. The molecule has 0 aliphatic heterocycles. The highest BCUT2D eigenvalue weighted by molar-refractivity contribution is 7.80. The summed E-state index contributed by atoms with van der Waals surface area (Å²) in [5.74, 6) is -0.191. The summed E-state index contributed by atoms with van der Waals surface area (Å²) in [5, 5.41) is 6.59. The number of benzene rings is 2. The smallest absolute Gasteiger partial charge is 0.257 e. The minimum atomic E-state index is -0.191. The molecule has 0 bridgehead atoms. The molecule has 0 radical (unpaired) electrons. The molecule has 4 N–H and O–H groups in total. The van der Waals surface area contributed by atoms with E-state index in [1.807, 2.05) is 44.2 Å². The average Bonchev–Trinajstić information content (AvgIpc) is 2.58. The quantitative estimate of drug-likeness (QED) is 0.490. The Hall–Kier alpha value is -2.60. The van der Waals surface area contributed by atoms with Crippen molar-refractivity contribution >= 4 is 28.9 Å². The standard InChI is InChI=1S/C19H24N4OS/c1-13-9-14(2)18(15(3)10-13)20-12-17(24)22-23-19(25)21-11-16-7-5-4-6-8-16/h4-10,20H,11-12H2,1-3H3,(H,22,24)(H2,21,23,25). The molecule has 0 spiro atoms. The molecule has 25 heavy (non-hydrogen) atoms. The molecular weight excluding hydrogens is 332 g/mol. The fourth-order valence-electron chi connectivity index (χ4n) is 2.62. The molecule has 0 aliphatic rings. The van der Waals surface area contributed by atoms with E-state index in [2.05, 4.69) is 40.5 Å². The number of aryl methyl sites for hydroxylation is 3. The van der Waals surface area contributed by atoms with E-state index in [0.717, 1.165) is 22.4 Å². The molecule has 0 saturated heterocycles. The summed E-state index contributed by atoms with van der Waals surface area (Å²) in [6.07, 6.45) is 0. The number of carbonyl (C=O) groups is 1. The van der Waals surface area contributed by atoms with Gasteiger partial charge in [0.25, 0.3) is 5.91 Å². The molecule has 132 valence electrons. The van der Waals surface area contributed by atoms with Gasteiger partial charge in [-0.05, 0) is 49.7 Å². The Morgan fingerprint density at radius 2 is 1.64 bits per heavy atom. The third kappa shape index (κ3) is 6.08. The number of rotatable bonds is 5. The Balaban J connectivity index is 1.73. The number of carbonyl (C=O) groups excluding carboxylic acids is 1. The van der Waals surface area contributed by atoms with Gasteiger partial charge in [-0.3, -0.25) is 15.6 Å². The third-order valence-corrected chi connectivity index (χ3v) is 3.96. The molecule has 0 fully saturated rings. The van der Waals surface area contributed by atoms with Crippen molar-refractivity contribution in [2.45, 2.75) is 27.3 Å². The van der Waals surface area contributed by atoms with Gasteiger partial charge in [0.15, 0.2) is 5.11 Å². The Labute approximate surface area is 154 Å². The first-order valence-corrected chi connectivity index (χ1v) is 8.55. The second kappa shape index (κ2) is 9.03. The number of thiocarbonyl (C=S) groups is 1. The molecule has 0 atom stereocenters. The molecule has 0 aromatic heterocycles. The molecule has 0 unspecified atom stereocenters. The molecule has 2 aromatic rings. The van der Waals surface area contributed by atoms with Crippen molar-refractivity contribution in [3.8, 4) is 0 Å². The lowest BCUT2D eigenvalue weighted by molar-refractivity contribution is -0.119. The van der Waals surface area contributed by atoms with Gasteiger partial charge in [0.1, 0.15) is 0 Å². The highest BCUT2D eigenvalue weighted by Gasteiger charge is 2.06. The zero-order valence-corrected chi connectivity index (χ0v) is 15.6. The van der Waals surface area contributed by atoms with Crippen LogP contribution in [0.25, 0.3) is 0 Å². The van der Waals surface area contributed by atoms with Crippen molar-refractivity contribution < 1.29 is 4.79 Å². The second-order valence-corrected chi connectivity index (χ2v) is 6.38. The Bertz CT molecular complexity index is 723. The van der Waals surface area contributed by atoms with Crippen molar-refractivity contribution in [3.63, 3.8) is 0 Å². The highest BCUT2D eigenvalue weighted by Crippen LogP contribution is 2.21. The average molecular weight is 356 g/mol. The van der Waals surface area contributed by atoms with Crippen LogP contribution in [0.1, 0.15) is 22.3 Å². The van der Waals surface area contributed by atoms with Crippen molar-refractivity contribution in [2.75, 3.05) is 11.9 Å². The van der Waals surface area contributed by atoms with Gasteiger partial charge in [0.05, 0.1) is 6.54 Å². The second-order valence-electron chi connectivity index (χ2n) is 5.97. The summed E-state index contributed by atoms with van der Waals surface area (Å²) in [6.45, 7) is 6.88. The van der Waals surface area contributed by atoms with Gasteiger partial charge in [-0.1, -0.05) is 48.0 Å². The van der Waals surface area contributed by atoms with Crippen LogP contribution in [0.2, 0.25) is 0 Å². The normalized spacial score (nSPS) is 10.0. The van der Waals surface area contributed by atoms with E-state index in [9.17, 15) is 4.79 Å². The van der Waals surface area contributed by atoms with Crippen LogP contribution in [0, 0.1) is 20.8 Å². The maximum Gasteiger partial charge on any atom is 0.257 e. The van der Waals surface area contributed by atoms with Crippen LogP contribution in [0.5, 0.6) is 0 Å². The van der Waals surface area contributed by atoms with Gasteiger partial charge >= 0.3 is 0 Å². The summed E-state index contributed by atoms with van der Waals surface area (Å²) >= 11 is 5.15. The topological polar surface area (TPSA) is 65.2 Å². The molecular formula is C19H24N4OS. The van der Waals surface area contributed by atoms with Crippen molar-refractivity contribution in [3.05, 3.63) is 64.7 Å². The largest absolute Gasteiger partial charge is 0.376 e. The van der Waals surface area contributed by atoms with Gasteiger partial charge < -0.3 is 10.6 Å². The molecule has 2 aromatic carbocycles. The van der Waals surface area contributed by atoms with Crippen LogP contribution < -0.4 is 21.5 Å². The van der Waals surface area contributed by atoms with Crippen molar-refractivity contribution in [1.82, 2.24) is 16.2 Å². The summed E-state index contributed by atoms with van der Waals surface area (Å²) in [6, 6.07) is 14.1. The van der Waals surface area contributed by atoms with E-state index >= 15 is 0 Å². The lowest BCUT2D eigenvalue weighted by Crippen LogP contribution is -2.48. The molecule has 2 rings (SSSR count). The van der Waals surface area contributed by atoms with Crippen molar-refractivity contribution in [1.29, 1.82) is 0 Å². The number of anilines is 1. The zero-order valence-electron chi connectivity index (χ0n) is 14.8. The predicted octanol–water partition coefficient (Wildman–Crippen LogP) is 2.72.